The summed E-state index contributed by atoms with van der Waals surface area (Å²) in [5.74, 6) is 0.749. The first kappa shape index (κ1) is 17.3. The SMILES string of the molecule is CCC(CC(=O)N(C)Cc1cc(C(=O)O)c(C)o1)C(C)C. The number of carboxylic acids is 1. The van der Waals surface area contributed by atoms with Crippen LogP contribution in [0.15, 0.2) is 10.5 Å². The lowest BCUT2D eigenvalue weighted by molar-refractivity contribution is -0.132. The highest BCUT2D eigenvalue weighted by Gasteiger charge is 2.20. The molecule has 0 fully saturated rings. The largest absolute Gasteiger partial charge is 0.478 e. The molecule has 5 heteroatoms. The summed E-state index contributed by atoms with van der Waals surface area (Å²) in [5.41, 5.74) is 0.152. The highest BCUT2D eigenvalue weighted by atomic mass is 16.4. The molecular formula is C16H25NO4. The van der Waals surface area contributed by atoms with Crippen molar-refractivity contribution in [3.8, 4) is 0 Å². The minimum atomic E-state index is -1.01. The van der Waals surface area contributed by atoms with Crippen LogP contribution in [0.25, 0.3) is 0 Å². The Kier molecular flexibility index (Phi) is 6.00. The molecule has 0 radical (unpaired) electrons. The number of carboxylic acid groups (broad SMARTS) is 1. The van der Waals surface area contributed by atoms with Crippen LogP contribution in [0.4, 0.5) is 0 Å². The molecule has 21 heavy (non-hydrogen) atoms. The van der Waals surface area contributed by atoms with Crippen molar-refractivity contribution in [2.75, 3.05) is 7.05 Å². The zero-order valence-electron chi connectivity index (χ0n) is 13.5. The predicted molar refractivity (Wildman–Crippen MR) is 80.1 cm³/mol. The number of carbonyl (C=O) groups excluding carboxylic acids is 1. The molecule has 0 aliphatic heterocycles. The predicted octanol–water partition coefficient (Wildman–Crippen LogP) is 3.32. The van der Waals surface area contributed by atoms with E-state index in [1.54, 1.807) is 18.9 Å². The highest BCUT2D eigenvalue weighted by Crippen LogP contribution is 2.21. The molecule has 1 amide bonds. The molecule has 1 rings (SSSR count). The van der Waals surface area contributed by atoms with E-state index in [1.807, 2.05) is 0 Å². The maximum Gasteiger partial charge on any atom is 0.339 e. The van der Waals surface area contributed by atoms with Crippen LogP contribution in [-0.4, -0.2) is 28.9 Å². The van der Waals surface area contributed by atoms with Gasteiger partial charge in [0.1, 0.15) is 17.1 Å². The molecule has 0 aliphatic carbocycles. The Balaban J connectivity index is 2.68. The average Bonchev–Trinajstić information content (AvgIpc) is 2.76. The summed E-state index contributed by atoms with van der Waals surface area (Å²) in [7, 11) is 1.72. The minimum absolute atomic E-state index is 0.0569. The summed E-state index contributed by atoms with van der Waals surface area (Å²) < 4.78 is 5.40. The van der Waals surface area contributed by atoms with Crippen molar-refractivity contribution in [2.24, 2.45) is 11.8 Å². The number of amides is 1. The van der Waals surface area contributed by atoms with Gasteiger partial charge in [0, 0.05) is 13.5 Å². The molecule has 0 saturated carbocycles. The molecule has 1 heterocycles. The fraction of sp³-hybridized carbons (Fsp3) is 0.625. The van der Waals surface area contributed by atoms with Crippen LogP contribution in [0, 0.1) is 18.8 Å². The van der Waals surface area contributed by atoms with Crippen molar-refractivity contribution < 1.29 is 19.1 Å². The summed E-state index contributed by atoms with van der Waals surface area (Å²) in [6.07, 6.45) is 1.48. The Morgan fingerprint density at radius 3 is 2.43 bits per heavy atom. The third-order valence-corrected chi connectivity index (χ3v) is 3.92. The number of aromatic carboxylic acids is 1. The average molecular weight is 295 g/mol. The Labute approximate surface area is 125 Å². The molecule has 118 valence electrons. The van der Waals surface area contributed by atoms with Crippen LogP contribution in [-0.2, 0) is 11.3 Å². The lowest BCUT2D eigenvalue weighted by Gasteiger charge is -2.22. The second-order valence-corrected chi connectivity index (χ2v) is 5.85. The Hall–Kier alpha value is -1.78. The maximum atomic E-state index is 12.2. The monoisotopic (exact) mass is 295 g/mol. The number of rotatable bonds is 7. The van der Waals surface area contributed by atoms with E-state index in [2.05, 4.69) is 20.8 Å². The van der Waals surface area contributed by atoms with E-state index in [0.717, 1.165) is 6.42 Å². The molecule has 1 atom stereocenters. The molecule has 5 nitrogen and oxygen atoms in total. The summed E-state index contributed by atoms with van der Waals surface area (Å²) in [6.45, 7) is 8.24. The van der Waals surface area contributed by atoms with Crippen LogP contribution >= 0.6 is 0 Å². The lowest BCUT2D eigenvalue weighted by atomic mass is 9.90. The topological polar surface area (TPSA) is 70.8 Å². The maximum absolute atomic E-state index is 12.2. The summed E-state index contributed by atoms with van der Waals surface area (Å²) in [5, 5.41) is 8.99. The minimum Gasteiger partial charge on any atom is -0.478 e. The molecule has 1 aromatic rings. The molecule has 0 aliphatic rings. The van der Waals surface area contributed by atoms with Crippen molar-refractivity contribution in [3.05, 3.63) is 23.2 Å². The number of hydrogen-bond donors (Lipinski definition) is 1. The quantitative estimate of drug-likeness (QED) is 0.837. The van der Waals surface area contributed by atoms with Gasteiger partial charge in [0.25, 0.3) is 0 Å². The first-order valence-corrected chi connectivity index (χ1v) is 7.32. The molecule has 0 spiro atoms. The molecule has 0 aromatic carbocycles. The van der Waals surface area contributed by atoms with Gasteiger partial charge in [-0.2, -0.15) is 0 Å². The number of nitrogens with zero attached hydrogens (tertiary/aromatic N) is 1. The van der Waals surface area contributed by atoms with Crippen LogP contribution in [0.2, 0.25) is 0 Å². The van der Waals surface area contributed by atoms with Crippen molar-refractivity contribution in [3.63, 3.8) is 0 Å². The van der Waals surface area contributed by atoms with Gasteiger partial charge in [0.05, 0.1) is 6.54 Å². The fourth-order valence-electron chi connectivity index (χ4n) is 2.39. The molecule has 0 bridgehead atoms. The third kappa shape index (κ3) is 4.62. The Morgan fingerprint density at radius 1 is 1.38 bits per heavy atom. The zero-order valence-corrected chi connectivity index (χ0v) is 13.5. The van der Waals surface area contributed by atoms with Crippen LogP contribution < -0.4 is 0 Å². The second kappa shape index (κ2) is 7.29. The third-order valence-electron chi connectivity index (χ3n) is 3.92. The van der Waals surface area contributed by atoms with Crippen molar-refractivity contribution >= 4 is 11.9 Å². The van der Waals surface area contributed by atoms with Gasteiger partial charge < -0.3 is 14.4 Å². The molecular weight excluding hydrogens is 270 g/mol. The van der Waals surface area contributed by atoms with Gasteiger partial charge in [0.15, 0.2) is 0 Å². The second-order valence-electron chi connectivity index (χ2n) is 5.85. The first-order valence-electron chi connectivity index (χ1n) is 7.32. The van der Waals surface area contributed by atoms with Crippen molar-refractivity contribution in [2.45, 2.75) is 47.1 Å². The van der Waals surface area contributed by atoms with E-state index < -0.39 is 5.97 Å². The smallest absolute Gasteiger partial charge is 0.339 e. The molecule has 1 aromatic heterocycles. The van der Waals surface area contributed by atoms with E-state index in [4.69, 9.17) is 9.52 Å². The van der Waals surface area contributed by atoms with Gasteiger partial charge in [-0.3, -0.25) is 4.79 Å². The normalized spacial score (nSPS) is 12.5. The molecule has 1 unspecified atom stereocenters. The van der Waals surface area contributed by atoms with Gasteiger partial charge >= 0.3 is 5.97 Å². The van der Waals surface area contributed by atoms with E-state index in [9.17, 15) is 9.59 Å². The number of hydrogen-bond acceptors (Lipinski definition) is 3. The Morgan fingerprint density at radius 2 is 2.00 bits per heavy atom. The van der Waals surface area contributed by atoms with Gasteiger partial charge in [-0.05, 0) is 24.8 Å². The van der Waals surface area contributed by atoms with Crippen LogP contribution in [0.3, 0.4) is 0 Å². The number of carbonyl (C=O) groups is 2. The summed E-state index contributed by atoms with van der Waals surface area (Å²) in [4.78, 5) is 24.8. The van der Waals surface area contributed by atoms with E-state index in [0.29, 0.717) is 36.3 Å². The number of aryl methyl sites for hydroxylation is 1. The zero-order chi connectivity index (χ0) is 16.2. The van der Waals surface area contributed by atoms with Crippen molar-refractivity contribution in [1.82, 2.24) is 4.90 Å². The lowest BCUT2D eigenvalue weighted by Crippen LogP contribution is -2.29. The molecule has 1 N–H and O–H groups in total. The van der Waals surface area contributed by atoms with Crippen LogP contribution in [0.5, 0.6) is 0 Å². The van der Waals surface area contributed by atoms with Gasteiger partial charge in [-0.1, -0.05) is 27.2 Å². The van der Waals surface area contributed by atoms with Crippen molar-refractivity contribution in [1.29, 1.82) is 0 Å². The summed E-state index contributed by atoms with van der Waals surface area (Å²) >= 11 is 0. The van der Waals surface area contributed by atoms with Gasteiger partial charge in [0.2, 0.25) is 5.91 Å². The molecule has 0 saturated heterocycles. The summed E-state index contributed by atoms with van der Waals surface area (Å²) in [6, 6.07) is 1.49. The van der Waals surface area contributed by atoms with E-state index in [1.165, 1.54) is 6.07 Å². The first-order chi connectivity index (χ1) is 9.76. The highest BCUT2D eigenvalue weighted by molar-refractivity contribution is 5.88. The fourth-order valence-corrected chi connectivity index (χ4v) is 2.39. The van der Waals surface area contributed by atoms with E-state index in [-0.39, 0.29) is 11.5 Å². The standard InChI is InChI=1S/C16H25NO4/c1-6-12(10(2)3)7-15(18)17(5)9-13-8-14(16(19)20)11(4)21-13/h8,10,12H,6-7,9H2,1-5H3,(H,19,20). The van der Waals surface area contributed by atoms with Crippen LogP contribution in [0.1, 0.15) is 55.5 Å². The Bertz CT molecular complexity index is 504. The van der Waals surface area contributed by atoms with Gasteiger partial charge in [-0.25, -0.2) is 4.79 Å². The van der Waals surface area contributed by atoms with E-state index >= 15 is 0 Å². The number of furan rings is 1. The van der Waals surface area contributed by atoms with Gasteiger partial charge in [-0.15, -0.1) is 0 Å².